The van der Waals surface area contributed by atoms with Crippen molar-refractivity contribution < 1.29 is 0 Å². The van der Waals surface area contributed by atoms with Crippen molar-refractivity contribution in [3.63, 3.8) is 0 Å². The molecule has 1 saturated heterocycles. The Hall–Kier alpha value is -1.13. The highest BCUT2D eigenvalue weighted by Gasteiger charge is 2.32. The zero-order valence-electron chi connectivity index (χ0n) is 11.7. The summed E-state index contributed by atoms with van der Waals surface area (Å²) < 4.78 is 1.37. The molecule has 4 rings (SSSR count). The predicted molar refractivity (Wildman–Crippen MR) is 85.6 cm³/mol. The van der Waals surface area contributed by atoms with Crippen LogP contribution in [-0.4, -0.2) is 30.7 Å². The Bertz CT molecular complexity index is 584. The Balaban J connectivity index is 1.63. The zero-order valence-corrected chi connectivity index (χ0v) is 12.5. The molecular weight excluding hydrogens is 266 g/mol. The summed E-state index contributed by atoms with van der Waals surface area (Å²) in [7, 11) is 0. The monoisotopic (exact) mass is 287 g/mol. The molecule has 3 nitrogen and oxygen atoms in total. The number of nitrogens with zero attached hydrogens (tertiary/aromatic N) is 2. The minimum Gasteiger partial charge on any atom is -0.353 e. The van der Waals surface area contributed by atoms with Crippen LogP contribution in [0.1, 0.15) is 25.7 Å². The maximum Gasteiger partial charge on any atom is 0.137 e. The van der Waals surface area contributed by atoms with Crippen LogP contribution >= 0.6 is 11.3 Å². The van der Waals surface area contributed by atoms with Gasteiger partial charge in [0, 0.05) is 28.9 Å². The maximum absolute atomic E-state index is 4.72. The lowest BCUT2D eigenvalue weighted by atomic mass is 9.97. The second kappa shape index (κ2) is 5.34. The van der Waals surface area contributed by atoms with Gasteiger partial charge in [-0.2, -0.15) is 0 Å². The Morgan fingerprint density at radius 2 is 2.05 bits per heavy atom. The molecule has 1 aliphatic heterocycles. The number of thiophene rings is 1. The molecule has 2 aliphatic rings. The van der Waals surface area contributed by atoms with Gasteiger partial charge in [0.05, 0.1) is 0 Å². The first-order valence-electron chi connectivity index (χ1n) is 7.71. The Kier molecular flexibility index (Phi) is 3.36. The van der Waals surface area contributed by atoms with Crippen LogP contribution in [0.15, 0.2) is 23.7 Å². The summed E-state index contributed by atoms with van der Waals surface area (Å²) in [4.78, 5) is 7.33. The SMILES string of the molecule is c1cc2sccc2c(N(CC2CCNCC2)C2CC2)n1. The molecule has 0 unspecified atom stereocenters. The summed E-state index contributed by atoms with van der Waals surface area (Å²) in [6, 6.07) is 5.11. The van der Waals surface area contributed by atoms with E-state index in [0.29, 0.717) is 0 Å². The van der Waals surface area contributed by atoms with Crippen LogP contribution in [0.3, 0.4) is 0 Å². The van der Waals surface area contributed by atoms with Crippen molar-refractivity contribution in [2.24, 2.45) is 5.92 Å². The lowest BCUT2D eigenvalue weighted by molar-refractivity contribution is 0.372. The van der Waals surface area contributed by atoms with Crippen molar-refractivity contribution in [2.45, 2.75) is 31.7 Å². The van der Waals surface area contributed by atoms with Gasteiger partial charge >= 0.3 is 0 Å². The molecule has 0 amide bonds. The van der Waals surface area contributed by atoms with Gasteiger partial charge in [-0.1, -0.05) is 0 Å². The van der Waals surface area contributed by atoms with Crippen molar-refractivity contribution >= 4 is 27.2 Å². The molecule has 4 heteroatoms. The smallest absolute Gasteiger partial charge is 0.137 e. The Morgan fingerprint density at radius 3 is 2.85 bits per heavy atom. The second-order valence-corrected chi connectivity index (χ2v) is 6.99. The normalized spacial score (nSPS) is 20.4. The molecule has 1 saturated carbocycles. The molecule has 3 heterocycles. The summed E-state index contributed by atoms with van der Waals surface area (Å²) in [6.45, 7) is 3.55. The van der Waals surface area contributed by atoms with Crippen LogP contribution in [0.2, 0.25) is 0 Å². The van der Waals surface area contributed by atoms with Gasteiger partial charge in [-0.05, 0) is 62.2 Å². The fraction of sp³-hybridized carbons (Fsp3) is 0.562. The van der Waals surface area contributed by atoms with Crippen molar-refractivity contribution in [1.82, 2.24) is 10.3 Å². The van der Waals surface area contributed by atoms with Gasteiger partial charge in [0.1, 0.15) is 5.82 Å². The summed E-state index contributed by atoms with van der Waals surface area (Å²) in [5, 5.41) is 7.00. The van der Waals surface area contributed by atoms with Crippen LogP contribution in [0.25, 0.3) is 10.1 Å². The number of hydrogen-bond acceptors (Lipinski definition) is 4. The standard InChI is InChI=1S/C16H21N3S/c1-2-13(1)19(11-12-3-7-17-8-4-12)16-14-6-10-20-15(14)5-9-18-16/h5-6,9-10,12-13,17H,1-4,7-8,11H2. The van der Waals surface area contributed by atoms with Gasteiger partial charge in [0.2, 0.25) is 0 Å². The number of rotatable bonds is 4. The average Bonchev–Trinajstić information content (AvgIpc) is 3.22. The topological polar surface area (TPSA) is 28.2 Å². The number of fused-ring (bicyclic) bond motifs is 1. The van der Waals surface area contributed by atoms with Crippen molar-refractivity contribution in [3.8, 4) is 0 Å². The summed E-state index contributed by atoms with van der Waals surface area (Å²) in [5.74, 6) is 2.05. The van der Waals surface area contributed by atoms with E-state index in [0.717, 1.165) is 12.0 Å². The third-order valence-corrected chi connectivity index (χ3v) is 5.41. The fourth-order valence-electron chi connectivity index (χ4n) is 3.25. The van der Waals surface area contributed by atoms with Gasteiger partial charge in [0.15, 0.2) is 0 Å². The Labute approximate surface area is 124 Å². The molecule has 2 fully saturated rings. The van der Waals surface area contributed by atoms with E-state index in [1.807, 2.05) is 17.5 Å². The third kappa shape index (κ3) is 2.42. The van der Waals surface area contributed by atoms with E-state index >= 15 is 0 Å². The highest BCUT2D eigenvalue weighted by Crippen LogP contribution is 2.37. The molecule has 1 aliphatic carbocycles. The first-order chi connectivity index (χ1) is 9.92. The van der Waals surface area contributed by atoms with E-state index in [2.05, 4.69) is 27.7 Å². The molecule has 2 aromatic rings. The quantitative estimate of drug-likeness (QED) is 0.935. The van der Waals surface area contributed by atoms with Gasteiger partial charge in [-0.3, -0.25) is 0 Å². The lowest BCUT2D eigenvalue weighted by Crippen LogP contribution is -2.37. The van der Waals surface area contributed by atoms with Crippen LogP contribution in [0, 0.1) is 5.92 Å². The summed E-state index contributed by atoms with van der Waals surface area (Å²) in [6.07, 6.45) is 7.28. The van der Waals surface area contributed by atoms with E-state index in [4.69, 9.17) is 4.98 Å². The Morgan fingerprint density at radius 1 is 1.20 bits per heavy atom. The van der Waals surface area contributed by atoms with E-state index < -0.39 is 0 Å². The molecule has 1 N–H and O–H groups in total. The number of hydrogen-bond donors (Lipinski definition) is 1. The van der Waals surface area contributed by atoms with Crippen LogP contribution in [0.5, 0.6) is 0 Å². The molecule has 0 bridgehead atoms. The predicted octanol–water partition coefficient (Wildman–Crippen LogP) is 3.26. The highest BCUT2D eigenvalue weighted by atomic mass is 32.1. The molecule has 20 heavy (non-hydrogen) atoms. The van der Waals surface area contributed by atoms with Crippen molar-refractivity contribution in [2.75, 3.05) is 24.5 Å². The summed E-state index contributed by atoms with van der Waals surface area (Å²) >= 11 is 1.82. The second-order valence-electron chi connectivity index (χ2n) is 6.04. The highest BCUT2D eigenvalue weighted by molar-refractivity contribution is 7.17. The van der Waals surface area contributed by atoms with Gasteiger partial charge in [-0.15, -0.1) is 11.3 Å². The van der Waals surface area contributed by atoms with Crippen molar-refractivity contribution in [1.29, 1.82) is 0 Å². The zero-order chi connectivity index (χ0) is 13.4. The fourth-order valence-corrected chi connectivity index (χ4v) is 4.02. The van der Waals surface area contributed by atoms with Crippen LogP contribution < -0.4 is 10.2 Å². The minimum absolute atomic E-state index is 0.739. The first-order valence-corrected chi connectivity index (χ1v) is 8.59. The van der Waals surface area contributed by atoms with Gasteiger partial charge < -0.3 is 10.2 Å². The number of aromatic nitrogens is 1. The minimum atomic E-state index is 0.739. The molecule has 0 radical (unpaired) electrons. The van der Waals surface area contributed by atoms with Gasteiger partial charge in [-0.25, -0.2) is 4.98 Å². The number of piperidine rings is 1. The summed E-state index contributed by atoms with van der Waals surface area (Å²) in [5.41, 5.74) is 0. The van der Waals surface area contributed by atoms with Crippen molar-refractivity contribution in [3.05, 3.63) is 23.7 Å². The average molecular weight is 287 g/mol. The maximum atomic E-state index is 4.72. The number of pyridine rings is 1. The molecule has 0 spiro atoms. The molecular formula is C16H21N3S. The van der Waals surface area contributed by atoms with E-state index in [9.17, 15) is 0 Å². The molecule has 2 aromatic heterocycles. The number of nitrogens with one attached hydrogen (secondary N) is 1. The largest absolute Gasteiger partial charge is 0.353 e. The van der Waals surface area contributed by atoms with Crippen LogP contribution in [0.4, 0.5) is 5.82 Å². The number of anilines is 1. The molecule has 0 atom stereocenters. The van der Waals surface area contributed by atoms with E-state index in [1.54, 1.807) is 0 Å². The van der Waals surface area contributed by atoms with Gasteiger partial charge in [0.25, 0.3) is 0 Å². The molecule has 0 aromatic carbocycles. The van der Waals surface area contributed by atoms with Crippen LogP contribution in [-0.2, 0) is 0 Å². The first kappa shape index (κ1) is 12.6. The van der Waals surface area contributed by atoms with E-state index in [1.165, 1.54) is 61.2 Å². The molecule has 106 valence electrons. The third-order valence-electron chi connectivity index (χ3n) is 4.53. The van der Waals surface area contributed by atoms with E-state index in [-0.39, 0.29) is 0 Å². The lowest BCUT2D eigenvalue weighted by Gasteiger charge is -2.31.